The van der Waals surface area contributed by atoms with Gasteiger partial charge in [-0.15, -0.1) is 0 Å². The van der Waals surface area contributed by atoms with E-state index in [9.17, 15) is 4.79 Å². The van der Waals surface area contributed by atoms with Crippen LogP contribution in [0.25, 0.3) is 16.7 Å². The van der Waals surface area contributed by atoms with Gasteiger partial charge in [0.05, 0.1) is 21.9 Å². The van der Waals surface area contributed by atoms with Crippen molar-refractivity contribution in [3.63, 3.8) is 0 Å². The molecule has 2 aromatic heterocycles. The molecule has 6 nitrogen and oxygen atoms in total. The zero-order chi connectivity index (χ0) is 15.1. The molecule has 0 saturated carbocycles. The second-order valence-electron chi connectivity index (χ2n) is 4.59. The summed E-state index contributed by atoms with van der Waals surface area (Å²) in [5.41, 5.74) is 1.91. The third-order valence-corrected chi connectivity index (χ3v) is 3.73. The fourth-order valence-electron chi connectivity index (χ4n) is 2.15. The van der Waals surface area contributed by atoms with Crippen molar-refractivity contribution >= 4 is 28.5 Å². The second kappa shape index (κ2) is 4.82. The number of benzene rings is 1. The number of para-hydroxylation sites is 1. The van der Waals surface area contributed by atoms with Crippen molar-refractivity contribution in [3.8, 4) is 5.82 Å². The number of rotatable bonds is 2. The topological polar surface area (TPSA) is 80.9 Å². The van der Waals surface area contributed by atoms with Gasteiger partial charge in [0.15, 0.2) is 5.82 Å². The molecule has 0 amide bonds. The van der Waals surface area contributed by atoms with Gasteiger partial charge in [-0.1, -0.05) is 23.7 Å². The van der Waals surface area contributed by atoms with Crippen LogP contribution in [-0.4, -0.2) is 30.8 Å². The van der Waals surface area contributed by atoms with Gasteiger partial charge in [-0.3, -0.25) is 0 Å². The molecule has 3 aromatic rings. The van der Waals surface area contributed by atoms with Gasteiger partial charge in [0.2, 0.25) is 5.82 Å². The minimum Gasteiger partial charge on any atom is -0.475 e. The number of carboxylic acids is 1. The Labute approximate surface area is 125 Å². The zero-order valence-electron chi connectivity index (χ0n) is 11.3. The minimum atomic E-state index is -1.19. The van der Waals surface area contributed by atoms with E-state index in [4.69, 9.17) is 16.7 Å². The number of carboxylic acid groups (broad SMARTS) is 1. The summed E-state index contributed by atoms with van der Waals surface area (Å²) in [5.74, 6) is -1.05. The second-order valence-corrected chi connectivity index (χ2v) is 4.97. The number of halogens is 1. The van der Waals surface area contributed by atoms with Crippen LogP contribution in [0.4, 0.5) is 0 Å². The highest BCUT2D eigenvalue weighted by Gasteiger charge is 2.18. The Balaban J connectivity index is 2.39. The van der Waals surface area contributed by atoms with Gasteiger partial charge < -0.3 is 5.11 Å². The lowest BCUT2D eigenvalue weighted by Gasteiger charge is -2.08. The highest BCUT2D eigenvalue weighted by atomic mass is 35.5. The van der Waals surface area contributed by atoms with Gasteiger partial charge in [-0.2, -0.15) is 5.10 Å². The predicted octanol–water partition coefficient (Wildman–Crippen LogP) is 2.78. The average Bonchev–Trinajstić information content (AvgIpc) is 2.73. The fourth-order valence-corrected chi connectivity index (χ4v) is 2.26. The van der Waals surface area contributed by atoms with E-state index in [1.165, 1.54) is 0 Å². The number of hydrogen-bond donors (Lipinski definition) is 1. The van der Waals surface area contributed by atoms with Gasteiger partial charge >= 0.3 is 5.97 Å². The van der Waals surface area contributed by atoms with Crippen LogP contribution in [-0.2, 0) is 0 Å². The van der Waals surface area contributed by atoms with Gasteiger partial charge in [-0.05, 0) is 26.0 Å². The summed E-state index contributed by atoms with van der Waals surface area (Å²) in [6.07, 6.45) is 0. The predicted molar refractivity (Wildman–Crippen MR) is 78.1 cm³/mol. The molecule has 7 heteroatoms. The Bertz CT molecular complexity index is 873. The first-order valence-electron chi connectivity index (χ1n) is 6.21. The Kier molecular flexibility index (Phi) is 3.10. The van der Waals surface area contributed by atoms with Crippen molar-refractivity contribution < 1.29 is 9.90 Å². The first-order chi connectivity index (χ1) is 9.99. The smallest absolute Gasteiger partial charge is 0.374 e. The third-order valence-electron chi connectivity index (χ3n) is 3.18. The van der Waals surface area contributed by atoms with Crippen molar-refractivity contribution in [2.24, 2.45) is 0 Å². The normalized spacial score (nSPS) is 11.0. The summed E-state index contributed by atoms with van der Waals surface area (Å²) in [7, 11) is 0. The SMILES string of the molecule is Cc1nn(-c2nc(C(=O)O)nc3ccccc23)c(C)c1Cl. The summed E-state index contributed by atoms with van der Waals surface area (Å²) >= 11 is 6.16. The lowest BCUT2D eigenvalue weighted by molar-refractivity contribution is 0.0684. The zero-order valence-corrected chi connectivity index (χ0v) is 12.1. The molecule has 3 rings (SSSR count). The van der Waals surface area contributed by atoms with Crippen LogP contribution in [0.1, 0.15) is 22.0 Å². The number of aryl methyl sites for hydroxylation is 1. The molecule has 0 aliphatic rings. The van der Waals surface area contributed by atoms with Crippen LogP contribution < -0.4 is 0 Å². The Morgan fingerprint density at radius 3 is 2.57 bits per heavy atom. The molecule has 0 unspecified atom stereocenters. The molecule has 1 N–H and O–H groups in total. The summed E-state index contributed by atoms with van der Waals surface area (Å²) in [6, 6.07) is 7.18. The van der Waals surface area contributed by atoms with Crippen LogP contribution in [0.5, 0.6) is 0 Å². The summed E-state index contributed by atoms with van der Waals surface area (Å²) in [6.45, 7) is 3.59. The lowest BCUT2D eigenvalue weighted by Crippen LogP contribution is -2.10. The van der Waals surface area contributed by atoms with E-state index in [-0.39, 0.29) is 5.82 Å². The van der Waals surface area contributed by atoms with Crippen molar-refractivity contribution in [1.82, 2.24) is 19.7 Å². The standard InChI is InChI=1S/C14H11ClN4O2/c1-7-11(15)8(2)19(18-7)13-9-5-3-4-6-10(9)16-12(17-13)14(20)21/h3-6H,1-2H3,(H,20,21). The van der Waals surface area contributed by atoms with Crippen LogP contribution in [0.2, 0.25) is 5.02 Å². The monoisotopic (exact) mass is 302 g/mol. The molecule has 2 heterocycles. The third kappa shape index (κ3) is 2.13. The average molecular weight is 303 g/mol. The van der Waals surface area contributed by atoms with E-state index >= 15 is 0 Å². The van der Waals surface area contributed by atoms with Crippen LogP contribution in [0.15, 0.2) is 24.3 Å². The van der Waals surface area contributed by atoms with E-state index in [1.807, 2.05) is 12.1 Å². The minimum absolute atomic E-state index is 0.271. The maximum atomic E-state index is 11.2. The number of hydrogen-bond acceptors (Lipinski definition) is 4. The van der Waals surface area contributed by atoms with E-state index in [2.05, 4.69) is 15.1 Å². The lowest BCUT2D eigenvalue weighted by atomic mass is 10.2. The maximum Gasteiger partial charge on any atom is 0.374 e. The van der Waals surface area contributed by atoms with E-state index in [0.717, 1.165) is 0 Å². The number of aromatic nitrogens is 4. The fraction of sp³-hybridized carbons (Fsp3) is 0.143. The number of fused-ring (bicyclic) bond motifs is 1. The maximum absolute atomic E-state index is 11.2. The first kappa shape index (κ1) is 13.5. The summed E-state index contributed by atoms with van der Waals surface area (Å²) < 4.78 is 1.55. The van der Waals surface area contributed by atoms with Crippen molar-refractivity contribution in [2.45, 2.75) is 13.8 Å². The van der Waals surface area contributed by atoms with Crippen molar-refractivity contribution in [3.05, 3.63) is 46.5 Å². The summed E-state index contributed by atoms with van der Waals surface area (Å²) in [4.78, 5) is 19.4. The Hall–Kier alpha value is -2.47. The summed E-state index contributed by atoms with van der Waals surface area (Å²) in [5, 5.41) is 14.7. The molecule has 0 aliphatic heterocycles. The molecule has 21 heavy (non-hydrogen) atoms. The largest absolute Gasteiger partial charge is 0.475 e. The molecule has 1 aromatic carbocycles. The molecule has 0 radical (unpaired) electrons. The number of carbonyl (C=O) groups is 1. The highest BCUT2D eigenvalue weighted by Crippen LogP contribution is 2.25. The number of aromatic carboxylic acids is 1. The molecular formula is C14H11ClN4O2. The molecule has 106 valence electrons. The number of nitrogens with zero attached hydrogens (tertiary/aromatic N) is 4. The van der Waals surface area contributed by atoms with Crippen LogP contribution in [0, 0.1) is 13.8 Å². The molecule has 0 fully saturated rings. The van der Waals surface area contributed by atoms with Gasteiger partial charge in [0.25, 0.3) is 0 Å². The Morgan fingerprint density at radius 2 is 1.95 bits per heavy atom. The van der Waals surface area contributed by atoms with Gasteiger partial charge in [0, 0.05) is 5.39 Å². The molecular weight excluding hydrogens is 292 g/mol. The molecule has 0 aliphatic carbocycles. The van der Waals surface area contributed by atoms with E-state index in [0.29, 0.717) is 33.1 Å². The molecule has 0 atom stereocenters. The molecule has 0 bridgehead atoms. The van der Waals surface area contributed by atoms with E-state index < -0.39 is 5.97 Å². The molecule has 0 saturated heterocycles. The van der Waals surface area contributed by atoms with Gasteiger partial charge in [0.1, 0.15) is 0 Å². The quantitative estimate of drug-likeness (QED) is 0.787. The van der Waals surface area contributed by atoms with Crippen LogP contribution in [0.3, 0.4) is 0 Å². The van der Waals surface area contributed by atoms with Crippen molar-refractivity contribution in [2.75, 3.05) is 0 Å². The first-order valence-corrected chi connectivity index (χ1v) is 6.59. The van der Waals surface area contributed by atoms with Gasteiger partial charge in [-0.25, -0.2) is 19.4 Å². The van der Waals surface area contributed by atoms with Crippen molar-refractivity contribution in [1.29, 1.82) is 0 Å². The van der Waals surface area contributed by atoms with Crippen LogP contribution >= 0.6 is 11.6 Å². The highest BCUT2D eigenvalue weighted by molar-refractivity contribution is 6.31. The Morgan fingerprint density at radius 1 is 1.24 bits per heavy atom. The van der Waals surface area contributed by atoms with E-state index in [1.54, 1.807) is 30.7 Å². The molecule has 0 spiro atoms.